The number of carbonyl (C=O) groups is 3. The second-order valence-corrected chi connectivity index (χ2v) is 8.91. The second-order valence-electron chi connectivity index (χ2n) is 8.91. The second kappa shape index (κ2) is 11.1. The van der Waals surface area contributed by atoms with E-state index in [1.54, 1.807) is 25.3 Å². The van der Waals surface area contributed by atoms with E-state index in [9.17, 15) is 24.4 Å². The maximum absolute atomic E-state index is 13.1. The van der Waals surface area contributed by atoms with Crippen molar-refractivity contribution < 1.29 is 24.2 Å². The van der Waals surface area contributed by atoms with Crippen LogP contribution in [0.4, 0.5) is 0 Å². The summed E-state index contributed by atoms with van der Waals surface area (Å²) in [6.45, 7) is 4.31. The highest BCUT2D eigenvalue weighted by Crippen LogP contribution is 2.26. The lowest BCUT2D eigenvalue weighted by Gasteiger charge is -2.26. The topological polar surface area (TPSA) is 162 Å². The van der Waals surface area contributed by atoms with Crippen LogP contribution in [0.2, 0.25) is 0 Å². The Hall–Kier alpha value is -3.47. The number of methoxy groups -OCH3 is 1. The zero-order valence-corrected chi connectivity index (χ0v) is 19.5. The van der Waals surface area contributed by atoms with E-state index in [1.807, 2.05) is 19.9 Å². The van der Waals surface area contributed by atoms with E-state index in [1.165, 1.54) is 0 Å². The smallest absolute Gasteiger partial charge is 0.268 e. The summed E-state index contributed by atoms with van der Waals surface area (Å²) < 4.78 is 5.33. The molecule has 1 aliphatic rings. The summed E-state index contributed by atoms with van der Waals surface area (Å²) in [4.78, 5) is 52.0. The van der Waals surface area contributed by atoms with Crippen LogP contribution in [0.15, 0.2) is 29.4 Å². The molecule has 11 heteroatoms. The number of H-pyrrole nitrogens is 1. The van der Waals surface area contributed by atoms with Crippen LogP contribution in [0.5, 0.6) is 5.75 Å². The zero-order valence-electron chi connectivity index (χ0n) is 19.5. The number of benzene rings is 1. The van der Waals surface area contributed by atoms with E-state index in [2.05, 4.69) is 26.1 Å². The molecule has 3 amide bonds. The van der Waals surface area contributed by atoms with E-state index in [4.69, 9.17) is 4.74 Å². The van der Waals surface area contributed by atoms with E-state index < -0.39 is 36.0 Å². The van der Waals surface area contributed by atoms with Crippen molar-refractivity contribution in [2.24, 2.45) is 17.0 Å². The van der Waals surface area contributed by atoms with Gasteiger partial charge in [0, 0.05) is 23.4 Å². The van der Waals surface area contributed by atoms with Gasteiger partial charge in [0.15, 0.2) is 0 Å². The maximum Gasteiger partial charge on any atom is 0.268 e. The molecule has 2 heterocycles. The van der Waals surface area contributed by atoms with Crippen molar-refractivity contribution >= 4 is 28.6 Å². The highest BCUT2D eigenvalue weighted by molar-refractivity contribution is 6.01. The summed E-state index contributed by atoms with van der Waals surface area (Å²) in [6.07, 6.45) is -0.794. The quantitative estimate of drug-likeness (QED) is 0.310. The first-order valence-electron chi connectivity index (χ1n) is 11.3. The molecule has 1 fully saturated rings. The van der Waals surface area contributed by atoms with Crippen molar-refractivity contribution in [2.75, 3.05) is 13.7 Å². The van der Waals surface area contributed by atoms with Gasteiger partial charge in [-0.15, -0.1) is 4.91 Å². The average Bonchev–Trinajstić information content (AvgIpc) is 3.43. The van der Waals surface area contributed by atoms with Crippen LogP contribution in [0.3, 0.4) is 0 Å². The predicted octanol–water partition coefficient (Wildman–Crippen LogP) is 1.42. The molecule has 1 saturated heterocycles. The van der Waals surface area contributed by atoms with Gasteiger partial charge in [0.25, 0.3) is 5.91 Å². The Kier molecular flexibility index (Phi) is 8.21. The first-order chi connectivity index (χ1) is 16.2. The minimum absolute atomic E-state index is 0.0621. The Morgan fingerprint density at radius 3 is 2.68 bits per heavy atom. The fraction of sp³-hybridized carbons (Fsp3) is 0.522. The Morgan fingerprint density at radius 1 is 1.29 bits per heavy atom. The average molecular weight is 474 g/mol. The van der Waals surface area contributed by atoms with E-state index >= 15 is 0 Å². The number of fused-ring (bicyclic) bond motifs is 1. The highest BCUT2D eigenvalue weighted by Gasteiger charge is 2.34. The summed E-state index contributed by atoms with van der Waals surface area (Å²) in [5.41, 5.74) is 0.972. The number of aromatic nitrogens is 1. The summed E-state index contributed by atoms with van der Waals surface area (Å²) in [7, 11) is 1.54. The molecule has 4 atom stereocenters. The molecule has 11 nitrogen and oxygen atoms in total. The number of nitrogens with one attached hydrogen (secondary N) is 4. The highest BCUT2D eigenvalue weighted by atomic mass is 16.5. The third-order valence-electron chi connectivity index (χ3n) is 5.91. The van der Waals surface area contributed by atoms with Crippen molar-refractivity contribution in [2.45, 2.75) is 51.4 Å². The lowest BCUT2D eigenvalue weighted by molar-refractivity contribution is -0.127. The van der Waals surface area contributed by atoms with Crippen molar-refractivity contribution in [3.8, 4) is 5.75 Å². The summed E-state index contributed by atoms with van der Waals surface area (Å²) in [5, 5.41) is 21.4. The van der Waals surface area contributed by atoms with Gasteiger partial charge in [0.05, 0.1) is 13.2 Å². The molecule has 5 N–H and O–H groups in total. The van der Waals surface area contributed by atoms with Crippen LogP contribution in [0.25, 0.3) is 10.9 Å². The molecular weight excluding hydrogens is 442 g/mol. The third kappa shape index (κ3) is 5.90. The molecule has 184 valence electrons. The Morgan fingerprint density at radius 2 is 2.06 bits per heavy atom. The summed E-state index contributed by atoms with van der Waals surface area (Å²) in [5.74, 6) is -1.02. The van der Waals surface area contributed by atoms with Crippen LogP contribution >= 0.6 is 0 Å². The van der Waals surface area contributed by atoms with Crippen molar-refractivity contribution in [3.63, 3.8) is 0 Å². The number of amides is 3. The van der Waals surface area contributed by atoms with Gasteiger partial charge in [-0.2, -0.15) is 0 Å². The summed E-state index contributed by atoms with van der Waals surface area (Å²) >= 11 is 0. The molecule has 1 unspecified atom stereocenters. The van der Waals surface area contributed by atoms with Crippen LogP contribution in [0.1, 0.15) is 43.6 Å². The van der Waals surface area contributed by atoms with E-state index in [0.717, 1.165) is 5.39 Å². The number of aliphatic hydroxyl groups excluding tert-OH is 1. The molecule has 1 aromatic heterocycles. The van der Waals surface area contributed by atoms with Gasteiger partial charge in [-0.3, -0.25) is 14.4 Å². The largest absolute Gasteiger partial charge is 0.496 e. The van der Waals surface area contributed by atoms with Crippen molar-refractivity contribution in [1.82, 2.24) is 20.9 Å². The number of nitroso groups, excluding NO2 is 1. The van der Waals surface area contributed by atoms with Gasteiger partial charge >= 0.3 is 0 Å². The molecule has 34 heavy (non-hydrogen) atoms. The van der Waals surface area contributed by atoms with Crippen LogP contribution in [0, 0.1) is 16.7 Å². The zero-order chi connectivity index (χ0) is 24.8. The Balaban J connectivity index is 1.75. The molecule has 1 aromatic carbocycles. The predicted molar refractivity (Wildman–Crippen MR) is 125 cm³/mol. The molecule has 0 spiro atoms. The number of hydrogen-bond donors (Lipinski definition) is 5. The van der Waals surface area contributed by atoms with E-state index in [0.29, 0.717) is 30.7 Å². The number of aromatic amines is 1. The Labute approximate surface area is 197 Å². The minimum atomic E-state index is -1.71. The van der Waals surface area contributed by atoms with Crippen molar-refractivity contribution in [3.05, 3.63) is 34.9 Å². The van der Waals surface area contributed by atoms with Crippen LogP contribution in [-0.2, 0) is 9.59 Å². The van der Waals surface area contributed by atoms with Gasteiger partial charge in [-0.1, -0.05) is 19.9 Å². The molecular formula is C23H31N5O6. The molecule has 2 aromatic rings. The molecule has 0 saturated carbocycles. The first kappa shape index (κ1) is 25.2. The van der Waals surface area contributed by atoms with Gasteiger partial charge in [-0.25, -0.2) is 0 Å². The molecule has 0 bridgehead atoms. The molecule has 0 aliphatic carbocycles. The van der Waals surface area contributed by atoms with Crippen LogP contribution < -0.4 is 20.7 Å². The molecule has 0 radical (unpaired) electrons. The fourth-order valence-electron chi connectivity index (χ4n) is 4.16. The molecule has 3 rings (SSSR count). The van der Waals surface area contributed by atoms with Gasteiger partial charge in [-0.05, 0) is 48.6 Å². The lowest BCUT2D eigenvalue weighted by atomic mass is 9.96. The number of ether oxygens (including phenoxy) is 1. The monoisotopic (exact) mass is 473 g/mol. The number of nitrogens with zero attached hydrogens (tertiary/aromatic N) is 1. The Bertz CT molecular complexity index is 1050. The van der Waals surface area contributed by atoms with Gasteiger partial charge in [0.2, 0.25) is 18.0 Å². The number of hydrogen-bond acceptors (Lipinski definition) is 7. The van der Waals surface area contributed by atoms with Crippen LogP contribution in [-0.4, -0.2) is 59.8 Å². The number of carbonyl (C=O) groups excluding carboxylic acids is 3. The van der Waals surface area contributed by atoms with Gasteiger partial charge in [0.1, 0.15) is 17.5 Å². The normalized spacial score (nSPS) is 18.3. The third-order valence-corrected chi connectivity index (χ3v) is 5.91. The standard InChI is InChI=1S/C23H31N5O6/c1-12(2)9-16(21(30)27-17(23(32)28-33)10-13-7-8-24-20(13)29)26-22(31)18-11-14-15(25-18)5-4-6-19(14)34-3/h4-6,11-13,16-17,23,25,32H,7-10H2,1-3H3,(H,24,29)(H,26,31)(H,27,30)/t13-,16-,17-,23?/m0/s1. The summed E-state index contributed by atoms with van der Waals surface area (Å²) in [6, 6.07) is 5.05. The first-order valence-corrected chi connectivity index (χ1v) is 11.3. The van der Waals surface area contributed by atoms with Gasteiger partial charge < -0.3 is 30.8 Å². The molecule has 1 aliphatic heterocycles. The fourth-order valence-corrected chi connectivity index (χ4v) is 4.16. The number of rotatable bonds is 11. The SMILES string of the molecule is COc1cccc2[nH]c(C(=O)N[C@@H](CC(C)C)C(=O)N[C@@H](C[C@@H]3CCNC3=O)C(O)N=O)cc12. The number of aliphatic hydroxyl groups is 1. The minimum Gasteiger partial charge on any atom is -0.496 e. The lowest BCUT2D eigenvalue weighted by Crippen LogP contribution is -2.53. The van der Waals surface area contributed by atoms with E-state index in [-0.39, 0.29) is 23.9 Å². The van der Waals surface area contributed by atoms with Crippen molar-refractivity contribution in [1.29, 1.82) is 0 Å². The maximum atomic E-state index is 13.1.